The number of rotatable bonds is 2. The Hall–Kier alpha value is -1.01. The third-order valence-electron chi connectivity index (χ3n) is 1.64. The summed E-state index contributed by atoms with van der Waals surface area (Å²) in [4.78, 5) is 4.31. The lowest BCUT2D eigenvalue weighted by atomic mass is 10.3. The van der Waals surface area contributed by atoms with Crippen LogP contribution in [-0.4, -0.2) is 11.0 Å². The summed E-state index contributed by atoms with van der Waals surface area (Å²) in [5, 5.41) is 3.09. The van der Waals surface area contributed by atoms with E-state index in [0.29, 0.717) is 0 Å². The molecule has 1 atom stereocenters. The molecule has 1 aromatic heterocycles. The summed E-state index contributed by atoms with van der Waals surface area (Å²) < 4.78 is 1.01. The monoisotopic (exact) mass is 238 g/mol. The first kappa shape index (κ1) is 10.1. The minimum Gasteiger partial charge on any atom is -0.357 e. The van der Waals surface area contributed by atoms with Crippen molar-refractivity contribution in [1.82, 2.24) is 4.98 Å². The summed E-state index contributed by atoms with van der Waals surface area (Å²) in [6.07, 6.45) is 5.24. The van der Waals surface area contributed by atoms with E-state index in [-0.39, 0.29) is 6.04 Å². The number of nitrogens with one attached hydrogen (secondary N) is 1. The summed E-state index contributed by atoms with van der Waals surface area (Å²) in [6, 6.07) is 3.85. The first-order valence-electron chi connectivity index (χ1n) is 3.99. The van der Waals surface area contributed by atoms with Crippen molar-refractivity contribution < 1.29 is 0 Å². The van der Waals surface area contributed by atoms with Crippen molar-refractivity contribution in [2.75, 3.05) is 5.32 Å². The molecule has 0 bridgehead atoms. The van der Waals surface area contributed by atoms with Gasteiger partial charge in [0.1, 0.15) is 5.82 Å². The van der Waals surface area contributed by atoms with Crippen LogP contribution in [0.4, 0.5) is 5.82 Å². The van der Waals surface area contributed by atoms with Gasteiger partial charge >= 0.3 is 0 Å². The molecule has 0 aliphatic heterocycles. The van der Waals surface area contributed by atoms with Crippen molar-refractivity contribution in [2.24, 2.45) is 0 Å². The van der Waals surface area contributed by atoms with Crippen LogP contribution in [0.15, 0.2) is 16.6 Å². The van der Waals surface area contributed by atoms with Crippen molar-refractivity contribution in [2.45, 2.75) is 19.9 Å². The zero-order valence-corrected chi connectivity index (χ0v) is 9.22. The number of pyridine rings is 1. The molecule has 1 unspecified atom stereocenters. The molecule has 0 spiro atoms. The molecule has 0 aliphatic rings. The number of aryl methyl sites for hydroxylation is 1. The van der Waals surface area contributed by atoms with E-state index in [9.17, 15) is 0 Å². The van der Waals surface area contributed by atoms with Gasteiger partial charge in [0.25, 0.3) is 0 Å². The van der Waals surface area contributed by atoms with Gasteiger partial charge in [-0.1, -0.05) is 5.92 Å². The summed E-state index contributed by atoms with van der Waals surface area (Å²) in [7, 11) is 0. The van der Waals surface area contributed by atoms with Crippen LogP contribution < -0.4 is 5.32 Å². The Labute approximate surface area is 86.9 Å². The molecular weight excluding hydrogens is 228 g/mol. The Kier molecular flexibility index (Phi) is 3.32. The number of hydrogen-bond acceptors (Lipinski definition) is 2. The standard InChI is InChI=1S/C10H11BrN2/c1-4-7(2)12-10-6-5-9(11)8(3)13-10/h1,5-7H,2-3H3,(H,12,13). The number of hydrogen-bond donors (Lipinski definition) is 1. The maximum absolute atomic E-state index is 5.24. The molecule has 13 heavy (non-hydrogen) atoms. The van der Waals surface area contributed by atoms with E-state index in [0.717, 1.165) is 16.0 Å². The number of halogens is 1. The number of anilines is 1. The lowest BCUT2D eigenvalue weighted by Gasteiger charge is -2.08. The Morgan fingerprint density at radius 3 is 2.85 bits per heavy atom. The Bertz CT molecular complexity index is 341. The van der Waals surface area contributed by atoms with Crippen LogP contribution in [0.25, 0.3) is 0 Å². The maximum atomic E-state index is 5.24. The molecule has 0 radical (unpaired) electrons. The summed E-state index contributed by atoms with van der Waals surface area (Å²) >= 11 is 3.38. The van der Waals surface area contributed by atoms with Crippen LogP contribution >= 0.6 is 15.9 Å². The van der Waals surface area contributed by atoms with E-state index < -0.39 is 0 Å². The van der Waals surface area contributed by atoms with E-state index in [1.807, 2.05) is 26.0 Å². The molecule has 0 aliphatic carbocycles. The molecular formula is C10H11BrN2. The topological polar surface area (TPSA) is 24.9 Å². The quantitative estimate of drug-likeness (QED) is 0.802. The van der Waals surface area contributed by atoms with Gasteiger partial charge in [-0.2, -0.15) is 0 Å². The predicted octanol–water partition coefficient (Wildman–Crippen LogP) is 2.59. The third kappa shape index (κ3) is 2.74. The molecule has 3 heteroatoms. The van der Waals surface area contributed by atoms with Gasteiger partial charge in [0.2, 0.25) is 0 Å². The summed E-state index contributed by atoms with van der Waals surface area (Å²) in [5.41, 5.74) is 0.953. The molecule has 0 saturated carbocycles. The van der Waals surface area contributed by atoms with Gasteiger partial charge in [-0.3, -0.25) is 0 Å². The van der Waals surface area contributed by atoms with Gasteiger partial charge in [0.15, 0.2) is 0 Å². The van der Waals surface area contributed by atoms with Crippen LogP contribution in [-0.2, 0) is 0 Å². The average Bonchev–Trinajstić information content (AvgIpc) is 2.11. The van der Waals surface area contributed by atoms with E-state index in [1.54, 1.807) is 0 Å². The zero-order valence-electron chi connectivity index (χ0n) is 7.63. The second-order valence-corrected chi connectivity index (χ2v) is 3.65. The molecule has 68 valence electrons. The van der Waals surface area contributed by atoms with Crippen LogP contribution in [0.1, 0.15) is 12.6 Å². The van der Waals surface area contributed by atoms with Crippen molar-refractivity contribution in [3.05, 3.63) is 22.3 Å². The average molecular weight is 239 g/mol. The van der Waals surface area contributed by atoms with Crippen LogP contribution in [0.5, 0.6) is 0 Å². The highest BCUT2D eigenvalue weighted by Crippen LogP contribution is 2.16. The smallest absolute Gasteiger partial charge is 0.127 e. The van der Waals surface area contributed by atoms with Gasteiger partial charge in [-0.25, -0.2) is 4.98 Å². The zero-order chi connectivity index (χ0) is 9.84. The lowest BCUT2D eigenvalue weighted by molar-refractivity contribution is 1.00. The van der Waals surface area contributed by atoms with Crippen LogP contribution in [0.2, 0.25) is 0 Å². The SMILES string of the molecule is C#CC(C)Nc1ccc(Br)c(C)n1. The van der Waals surface area contributed by atoms with Crippen LogP contribution in [0.3, 0.4) is 0 Å². The molecule has 0 fully saturated rings. The Balaban J connectivity index is 2.81. The highest BCUT2D eigenvalue weighted by atomic mass is 79.9. The molecule has 1 aromatic rings. The normalized spacial score (nSPS) is 11.8. The highest BCUT2D eigenvalue weighted by molar-refractivity contribution is 9.10. The van der Waals surface area contributed by atoms with Crippen molar-refractivity contribution in [3.8, 4) is 12.3 Å². The van der Waals surface area contributed by atoms with E-state index >= 15 is 0 Å². The fraction of sp³-hybridized carbons (Fsp3) is 0.300. The fourth-order valence-electron chi connectivity index (χ4n) is 0.888. The van der Waals surface area contributed by atoms with Gasteiger partial charge in [0.05, 0.1) is 11.7 Å². The molecule has 1 N–H and O–H groups in total. The molecule has 0 saturated heterocycles. The van der Waals surface area contributed by atoms with E-state index in [1.165, 1.54) is 0 Å². The predicted molar refractivity (Wildman–Crippen MR) is 58.6 cm³/mol. The van der Waals surface area contributed by atoms with Gasteiger partial charge in [-0.05, 0) is 41.9 Å². The fourth-order valence-corrected chi connectivity index (χ4v) is 1.11. The Morgan fingerprint density at radius 2 is 2.31 bits per heavy atom. The van der Waals surface area contributed by atoms with Crippen molar-refractivity contribution >= 4 is 21.7 Å². The molecule has 1 rings (SSSR count). The number of aromatic nitrogens is 1. The number of terminal acetylenes is 1. The largest absolute Gasteiger partial charge is 0.357 e. The second kappa shape index (κ2) is 4.29. The van der Waals surface area contributed by atoms with Crippen molar-refractivity contribution in [3.63, 3.8) is 0 Å². The molecule has 1 heterocycles. The van der Waals surface area contributed by atoms with E-state index in [4.69, 9.17) is 6.42 Å². The highest BCUT2D eigenvalue weighted by Gasteiger charge is 2.00. The van der Waals surface area contributed by atoms with Crippen molar-refractivity contribution in [1.29, 1.82) is 0 Å². The van der Waals surface area contributed by atoms with Crippen LogP contribution in [0, 0.1) is 19.3 Å². The maximum Gasteiger partial charge on any atom is 0.127 e. The first-order chi connectivity index (χ1) is 6.13. The summed E-state index contributed by atoms with van der Waals surface area (Å²) in [6.45, 7) is 3.86. The van der Waals surface area contributed by atoms with Gasteiger partial charge < -0.3 is 5.32 Å². The molecule has 0 aromatic carbocycles. The Morgan fingerprint density at radius 1 is 1.62 bits per heavy atom. The minimum atomic E-state index is 0.00748. The van der Waals surface area contributed by atoms with Gasteiger partial charge in [-0.15, -0.1) is 6.42 Å². The molecule has 0 amide bonds. The first-order valence-corrected chi connectivity index (χ1v) is 4.78. The third-order valence-corrected chi connectivity index (χ3v) is 2.47. The lowest BCUT2D eigenvalue weighted by Crippen LogP contribution is -2.13. The molecule has 2 nitrogen and oxygen atoms in total. The second-order valence-electron chi connectivity index (χ2n) is 2.80. The minimum absolute atomic E-state index is 0.00748. The summed E-state index contributed by atoms with van der Waals surface area (Å²) in [5.74, 6) is 3.40. The van der Waals surface area contributed by atoms with E-state index in [2.05, 4.69) is 32.2 Å². The van der Waals surface area contributed by atoms with Gasteiger partial charge in [0, 0.05) is 4.47 Å². The number of nitrogens with zero attached hydrogens (tertiary/aromatic N) is 1.